The average Bonchev–Trinajstić information content (AvgIpc) is 3.95. The molecule has 4 aromatic rings. The summed E-state index contributed by atoms with van der Waals surface area (Å²) < 4.78 is 78.5. The molecule has 380 valence electrons. The second-order valence-corrected chi connectivity index (χ2v) is 24.0. The van der Waals surface area contributed by atoms with Gasteiger partial charge in [-0.15, -0.1) is 0 Å². The molecule has 2 saturated heterocycles. The Bertz CT molecular complexity index is 3000. The van der Waals surface area contributed by atoms with Gasteiger partial charge in [0.25, 0.3) is 11.8 Å². The number of amides is 2. The fourth-order valence-corrected chi connectivity index (χ4v) is 11.4. The highest BCUT2D eigenvalue weighted by atomic mass is 79.9. The average molecular weight is 1120 g/mol. The van der Waals surface area contributed by atoms with Crippen LogP contribution in [0.5, 0.6) is 0 Å². The number of halogens is 6. The molecule has 2 amide bonds. The van der Waals surface area contributed by atoms with Gasteiger partial charge in [-0.1, -0.05) is 75.7 Å². The number of benzene rings is 4. The van der Waals surface area contributed by atoms with E-state index >= 15 is 17.6 Å². The van der Waals surface area contributed by atoms with Crippen molar-refractivity contribution in [3.8, 4) is 22.3 Å². The number of hydrogen-bond donors (Lipinski definition) is 0. The second kappa shape index (κ2) is 17.9. The van der Waals surface area contributed by atoms with Gasteiger partial charge >= 0.3 is 18.2 Å². The molecule has 3 heterocycles. The molecule has 11 rings (SSSR count). The van der Waals surface area contributed by atoms with Gasteiger partial charge in [0.15, 0.2) is 12.4 Å². The van der Waals surface area contributed by atoms with E-state index in [1.807, 2.05) is 31.7 Å². The van der Waals surface area contributed by atoms with Gasteiger partial charge in [0, 0.05) is 68.2 Å². The maximum absolute atomic E-state index is 15.3. The lowest BCUT2D eigenvalue weighted by molar-refractivity contribution is -0.147. The van der Waals surface area contributed by atoms with Crippen LogP contribution in [-0.4, -0.2) is 82.4 Å². The minimum atomic E-state index is -3.25. The maximum atomic E-state index is 15.3. The van der Waals surface area contributed by atoms with Gasteiger partial charge in [0.2, 0.25) is 0 Å². The number of ether oxygens (including phenoxy) is 3. The predicted octanol–water partition coefficient (Wildman–Crippen LogP) is 14.3. The SMILES string of the molecule is C.CC(C)(C)OC(=O)N1CC2(CC2)CC1C1=NC=C(c2ccc3c(c2)C(F)(F)c2cc(Br)ccc2-3)C1.CC(C)(C)OC(=O)N1CC2(CC2)C[C@H]1C(=O)OCC(=O)c1ccc2c(c1)C(F)(F)c1cc(Br)ccc1-2. The predicted molar refractivity (Wildman–Crippen MR) is 273 cm³/mol. The number of carbonyl (C=O) groups is 4. The van der Waals surface area contributed by atoms with Gasteiger partial charge in [0.05, 0.1) is 6.04 Å². The molecule has 2 spiro atoms. The number of aliphatic imine (C=N–C) groups is 1. The number of allylic oxidation sites excluding steroid dienone is 1. The van der Waals surface area contributed by atoms with Gasteiger partial charge in [-0.25, -0.2) is 14.4 Å². The highest BCUT2D eigenvalue weighted by Gasteiger charge is 2.57. The zero-order valence-corrected chi connectivity index (χ0v) is 43.4. The zero-order chi connectivity index (χ0) is 50.8. The van der Waals surface area contributed by atoms with Crippen molar-refractivity contribution < 1.29 is 51.0 Å². The molecule has 2 atom stereocenters. The number of carbonyl (C=O) groups excluding carboxylic acids is 4. The molecule has 1 unspecified atom stereocenters. The molecule has 4 aromatic carbocycles. The van der Waals surface area contributed by atoms with Gasteiger partial charge < -0.3 is 14.2 Å². The fourth-order valence-electron chi connectivity index (χ4n) is 10.6. The lowest BCUT2D eigenvalue weighted by Crippen LogP contribution is -2.44. The third-order valence-electron chi connectivity index (χ3n) is 14.6. The molecule has 10 nitrogen and oxygen atoms in total. The molecule has 4 aliphatic carbocycles. The Labute approximate surface area is 433 Å². The minimum Gasteiger partial charge on any atom is -0.456 e. The summed E-state index contributed by atoms with van der Waals surface area (Å²) in [6, 6.07) is 18.2. The second-order valence-electron chi connectivity index (χ2n) is 22.2. The van der Waals surface area contributed by atoms with Crippen LogP contribution >= 0.6 is 31.9 Å². The van der Waals surface area contributed by atoms with E-state index < -0.39 is 53.5 Å². The maximum Gasteiger partial charge on any atom is 0.411 e. The van der Waals surface area contributed by atoms with E-state index in [2.05, 4.69) is 31.9 Å². The molecule has 3 aliphatic heterocycles. The van der Waals surface area contributed by atoms with Crippen LogP contribution in [0.3, 0.4) is 0 Å². The Balaban J connectivity index is 0.000000175. The Hall–Kier alpha value is -5.35. The van der Waals surface area contributed by atoms with Crippen LogP contribution in [0.2, 0.25) is 0 Å². The molecule has 7 aliphatic rings. The van der Waals surface area contributed by atoms with Crippen molar-refractivity contribution in [1.82, 2.24) is 9.80 Å². The highest BCUT2D eigenvalue weighted by Crippen LogP contribution is 2.58. The fraction of sp³-hybridized carbons (Fsp3) is 0.446. The van der Waals surface area contributed by atoms with E-state index in [1.165, 1.54) is 35.2 Å². The summed E-state index contributed by atoms with van der Waals surface area (Å²) in [6.07, 6.45) is 6.84. The Kier molecular flexibility index (Phi) is 12.8. The highest BCUT2D eigenvalue weighted by molar-refractivity contribution is 9.10. The smallest absolute Gasteiger partial charge is 0.411 e. The summed E-state index contributed by atoms with van der Waals surface area (Å²) >= 11 is 6.55. The monoisotopic (exact) mass is 1120 g/mol. The minimum absolute atomic E-state index is 0. The van der Waals surface area contributed by atoms with Gasteiger partial charge in [-0.3, -0.25) is 19.6 Å². The topological polar surface area (TPSA) is 115 Å². The largest absolute Gasteiger partial charge is 0.456 e. The van der Waals surface area contributed by atoms with Crippen molar-refractivity contribution in [1.29, 1.82) is 0 Å². The van der Waals surface area contributed by atoms with E-state index in [0.717, 1.165) is 49.0 Å². The molecule has 0 radical (unpaired) electrons. The Morgan fingerprint density at radius 3 is 1.67 bits per heavy atom. The number of fused-ring (bicyclic) bond motifs is 6. The number of ketones is 1. The first kappa shape index (κ1) is 51.5. The zero-order valence-electron chi connectivity index (χ0n) is 40.2. The van der Waals surface area contributed by atoms with Crippen molar-refractivity contribution in [3.05, 3.63) is 121 Å². The summed E-state index contributed by atoms with van der Waals surface area (Å²) in [5, 5.41) is 0. The Morgan fingerprint density at radius 1 is 0.653 bits per heavy atom. The molecule has 0 aromatic heterocycles. The van der Waals surface area contributed by atoms with Gasteiger partial charge in [-0.2, -0.15) is 17.6 Å². The first-order valence-electron chi connectivity index (χ1n) is 23.9. The van der Waals surface area contributed by atoms with Crippen LogP contribution in [0.25, 0.3) is 27.8 Å². The number of rotatable bonds is 6. The third kappa shape index (κ3) is 9.66. The van der Waals surface area contributed by atoms with Crippen molar-refractivity contribution >= 4 is 67.1 Å². The molecule has 0 N–H and O–H groups in total. The third-order valence-corrected chi connectivity index (χ3v) is 15.6. The number of Topliss-reactive ketones (excluding diaryl/α,β-unsaturated/α-hetero) is 1. The first-order valence-corrected chi connectivity index (χ1v) is 25.4. The number of esters is 1. The lowest BCUT2D eigenvalue weighted by Gasteiger charge is -2.28. The van der Waals surface area contributed by atoms with Gasteiger partial charge in [0.1, 0.15) is 17.2 Å². The quantitative estimate of drug-likeness (QED) is 0.0817. The van der Waals surface area contributed by atoms with E-state index in [0.29, 0.717) is 57.1 Å². The number of alkyl halides is 4. The van der Waals surface area contributed by atoms with Crippen LogP contribution < -0.4 is 0 Å². The van der Waals surface area contributed by atoms with Crippen molar-refractivity contribution in [2.45, 2.75) is 129 Å². The van der Waals surface area contributed by atoms with E-state index in [1.54, 1.807) is 63.4 Å². The van der Waals surface area contributed by atoms with Crippen LogP contribution in [0.15, 0.2) is 92.9 Å². The molecule has 2 saturated carbocycles. The summed E-state index contributed by atoms with van der Waals surface area (Å²) in [5.74, 6) is -7.59. The summed E-state index contributed by atoms with van der Waals surface area (Å²) in [7, 11) is 0. The lowest BCUT2D eigenvalue weighted by atomic mass is 9.93. The molecular formula is C56H57Br2F4N3O7. The van der Waals surface area contributed by atoms with Crippen molar-refractivity contribution in [2.75, 3.05) is 19.7 Å². The number of nitrogens with zero attached hydrogens (tertiary/aromatic N) is 3. The van der Waals surface area contributed by atoms with Crippen molar-refractivity contribution in [2.24, 2.45) is 15.8 Å². The van der Waals surface area contributed by atoms with E-state index in [4.69, 9.17) is 19.2 Å². The van der Waals surface area contributed by atoms with E-state index in [9.17, 15) is 19.2 Å². The number of likely N-dealkylation sites (tertiary alicyclic amines) is 2. The first-order chi connectivity index (χ1) is 33.3. The molecular weight excluding hydrogens is 1060 g/mol. The molecule has 4 fully saturated rings. The molecule has 0 bridgehead atoms. The summed E-state index contributed by atoms with van der Waals surface area (Å²) in [4.78, 5) is 59.3. The van der Waals surface area contributed by atoms with E-state index in [-0.39, 0.29) is 58.2 Å². The number of hydrogen-bond acceptors (Lipinski definition) is 8. The van der Waals surface area contributed by atoms with Crippen molar-refractivity contribution in [3.63, 3.8) is 0 Å². The Morgan fingerprint density at radius 2 is 1.12 bits per heavy atom. The van der Waals surface area contributed by atoms with Crippen LogP contribution in [0.4, 0.5) is 27.2 Å². The van der Waals surface area contributed by atoms with Gasteiger partial charge in [-0.05, 0) is 161 Å². The summed E-state index contributed by atoms with van der Waals surface area (Å²) in [5.41, 5.74) is 3.01. The summed E-state index contributed by atoms with van der Waals surface area (Å²) in [6.45, 7) is 11.4. The van der Waals surface area contributed by atoms with Crippen LogP contribution in [-0.2, 0) is 30.9 Å². The van der Waals surface area contributed by atoms with Crippen LogP contribution in [0, 0.1) is 10.8 Å². The van der Waals surface area contributed by atoms with Crippen LogP contribution in [0.1, 0.15) is 132 Å². The molecule has 72 heavy (non-hydrogen) atoms. The molecule has 16 heteroatoms. The standard InChI is InChI=1S/C28H27BrF2N2O2.C27H26BrF2NO5.CH4/c1-26(2,3)35-25(34)33-15-27(8-9-27)13-24(33)23-11-17(14-32-23)16-4-6-19-20-7-5-18(29)12-22(20)28(30,31)21(19)10-16;1-25(2,3)36-24(34)31-14-26(8-9-26)12-21(31)23(33)35-13-22(32)15-4-6-17-18-7-5-16(28)11-20(18)27(29,30)19(17)10-15;/h4-7,10,12,14,24H,8-9,11,13,15H2,1-3H3;4-7,10-11,21H,8-9,12-14H2,1-3H3;1H4/t;21-;/m.0./s1. The normalized spacial score (nSPS) is 21.6.